The molecule has 0 aromatic rings. The van der Waals surface area contributed by atoms with Crippen LogP contribution >= 0.6 is 11.8 Å². The van der Waals surface area contributed by atoms with Crippen molar-refractivity contribution in [2.45, 2.75) is 82.0 Å². The number of thioether (sulfide) groups is 1. The van der Waals surface area contributed by atoms with E-state index in [1.165, 1.54) is 11.8 Å². The Morgan fingerprint density at radius 2 is 1.22 bits per heavy atom. The topological polar surface area (TPSA) is 240 Å². The minimum Gasteiger partial charge on any atom is -0.481 e. The molecule has 0 radical (unpaired) electrons. The van der Waals surface area contributed by atoms with Crippen LogP contribution in [0.15, 0.2) is 0 Å². The summed E-state index contributed by atoms with van der Waals surface area (Å²) in [6.07, 6.45) is 4.51. The Balaban J connectivity index is 5.41. The molecule has 0 aromatic carbocycles. The maximum absolute atomic E-state index is 13.1. The van der Waals surface area contributed by atoms with Crippen LogP contribution in [0.1, 0.15) is 57.8 Å². The molecule has 0 aliphatic rings. The van der Waals surface area contributed by atoms with Crippen LogP contribution in [0.25, 0.3) is 0 Å². The van der Waals surface area contributed by atoms with E-state index >= 15 is 0 Å². The molecule has 0 saturated carbocycles. The van der Waals surface area contributed by atoms with Crippen LogP contribution in [0.5, 0.6) is 0 Å². The van der Waals surface area contributed by atoms with Gasteiger partial charge in [0.2, 0.25) is 17.7 Å². The first kappa shape index (κ1) is 33.6. The van der Waals surface area contributed by atoms with Gasteiger partial charge in [0.05, 0.1) is 6.04 Å². The van der Waals surface area contributed by atoms with E-state index < -0.39 is 60.2 Å². The van der Waals surface area contributed by atoms with Crippen LogP contribution < -0.4 is 33.2 Å². The summed E-state index contributed by atoms with van der Waals surface area (Å²) in [5.41, 5.74) is 16.9. The van der Waals surface area contributed by atoms with E-state index in [1.807, 2.05) is 6.26 Å². The lowest BCUT2D eigenvalue weighted by Crippen LogP contribution is -2.57. The number of nitrogens with two attached hydrogens (primary N) is 3. The lowest BCUT2D eigenvalue weighted by atomic mass is 10.0. The monoisotopic (exact) mass is 534 g/mol. The molecule has 4 unspecified atom stereocenters. The fourth-order valence-electron chi connectivity index (χ4n) is 3.25. The highest BCUT2D eigenvalue weighted by atomic mass is 32.2. The highest BCUT2D eigenvalue weighted by Crippen LogP contribution is 2.08. The number of carbonyl (C=O) groups is 5. The Hall–Kier alpha value is -2.42. The van der Waals surface area contributed by atoms with Gasteiger partial charge in [-0.1, -0.05) is 6.42 Å². The van der Waals surface area contributed by atoms with Crippen molar-refractivity contribution in [3.8, 4) is 0 Å². The number of amides is 3. The highest BCUT2D eigenvalue weighted by molar-refractivity contribution is 7.98. The number of carbonyl (C=O) groups excluding carboxylic acids is 3. The van der Waals surface area contributed by atoms with Crippen molar-refractivity contribution < 1.29 is 34.2 Å². The molecule has 13 nitrogen and oxygen atoms in total. The number of hydrogen-bond acceptors (Lipinski definition) is 9. The van der Waals surface area contributed by atoms with Gasteiger partial charge in [0.1, 0.15) is 18.1 Å². The van der Waals surface area contributed by atoms with E-state index in [2.05, 4.69) is 16.0 Å². The van der Waals surface area contributed by atoms with Crippen LogP contribution in [-0.2, 0) is 24.0 Å². The van der Waals surface area contributed by atoms with Crippen LogP contribution in [0.2, 0.25) is 0 Å². The van der Waals surface area contributed by atoms with E-state index in [4.69, 9.17) is 22.3 Å². The van der Waals surface area contributed by atoms with E-state index in [0.29, 0.717) is 44.5 Å². The van der Waals surface area contributed by atoms with Gasteiger partial charge in [-0.3, -0.25) is 19.2 Å². The highest BCUT2D eigenvalue weighted by Gasteiger charge is 2.30. The Morgan fingerprint density at radius 3 is 1.72 bits per heavy atom. The lowest BCUT2D eigenvalue weighted by molar-refractivity contribution is -0.143. The fraction of sp³-hybridized carbons (Fsp3) is 0.773. The van der Waals surface area contributed by atoms with Crippen LogP contribution in [0.3, 0.4) is 0 Å². The maximum atomic E-state index is 13.1. The van der Waals surface area contributed by atoms with E-state index in [1.54, 1.807) is 0 Å². The Morgan fingerprint density at radius 1 is 0.722 bits per heavy atom. The first-order valence-electron chi connectivity index (χ1n) is 12.1. The zero-order valence-corrected chi connectivity index (χ0v) is 21.7. The largest absolute Gasteiger partial charge is 0.481 e. The summed E-state index contributed by atoms with van der Waals surface area (Å²) in [5, 5.41) is 25.7. The Bertz CT molecular complexity index is 712. The van der Waals surface area contributed by atoms with Crippen molar-refractivity contribution in [3.05, 3.63) is 0 Å². The second-order valence-corrected chi connectivity index (χ2v) is 9.40. The number of unbranched alkanes of at least 4 members (excludes halogenated alkanes) is 2. The lowest BCUT2D eigenvalue weighted by Gasteiger charge is -2.25. The molecule has 0 aromatic heterocycles. The van der Waals surface area contributed by atoms with Gasteiger partial charge in [-0.05, 0) is 70.0 Å². The van der Waals surface area contributed by atoms with Gasteiger partial charge in [-0.15, -0.1) is 0 Å². The van der Waals surface area contributed by atoms with E-state index in [-0.39, 0.29) is 19.3 Å². The first-order valence-corrected chi connectivity index (χ1v) is 13.5. The fourth-order valence-corrected chi connectivity index (χ4v) is 3.73. The summed E-state index contributed by atoms with van der Waals surface area (Å²) in [6.45, 7) is 0.892. The van der Waals surface area contributed by atoms with Gasteiger partial charge in [-0.25, -0.2) is 4.79 Å². The quantitative estimate of drug-likeness (QED) is 0.0807. The summed E-state index contributed by atoms with van der Waals surface area (Å²) in [4.78, 5) is 60.7. The van der Waals surface area contributed by atoms with Gasteiger partial charge < -0.3 is 43.4 Å². The van der Waals surface area contributed by atoms with Gasteiger partial charge in [0, 0.05) is 6.42 Å². The SMILES string of the molecule is CSCCC(NC(=O)C(CCCCN)NC(=O)C(N)CCCCN)C(=O)NC(CCC(=O)O)C(=O)O. The van der Waals surface area contributed by atoms with Crippen molar-refractivity contribution in [1.29, 1.82) is 0 Å². The van der Waals surface area contributed by atoms with Crippen molar-refractivity contribution in [3.63, 3.8) is 0 Å². The predicted molar refractivity (Wildman–Crippen MR) is 137 cm³/mol. The minimum absolute atomic E-state index is 0.200. The summed E-state index contributed by atoms with van der Waals surface area (Å²) < 4.78 is 0. The van der Waals surface area contributed by atoms with Gasteiger partial charge in [0.15, 0.2) is 0 Å². The zero-order chi connectivity index (χ0) is 27.5. The van der Waals surface area contributed by atoms with Gasteiger partial charge in [0.25, 0.3) is 0 Å². The first-order chi connectivity index (χ1) is 17.1. The molecule has 36 heavy (non-hydrogen) atoms. The maximum Gasteiger partial charge on any atom is 0.326 e. The molecule has 0 spiro atoms. The second kappa shape index (κ2) is 19.7. The van der Waals surface area contributed by atoms with Crippen molar-refractivity contribution in [2.75, 3.05) is 25.1 Å². The molecule has 14 heteroatoms. The molecule has 3 amide bonds. The third-order valence-electron chi connectivity index (χ3n) is 5.39. The third-order valence-corrected chi connectivity index (χ3v) is 6.03. The number of carboxylic acid groups (broad SMARTS) is 2. The average Bonchev–Trinajstić information content (AvgIpc) is 2.82. The average molecular weight is 535 g/mol. The van der Waals surface area contributed by atoms with Crippen LogP contribution in [0.4, 0.5) is 0 Å². The molecular formula is C22H42N6O7S. The number of nitrogens with one attached hydrogen (secondary N) is 3. The predicted octanol–water partition coefficient (Wildman–Crippen LogP) is -1.27. The smallest absolute Gasteiger partial charge is 0.326 e. The summed E-state index contributed by atoms with van der Waals surface area (Å²) >= 11 is 1.43. The van der Waals surface area contributed by atoms with Crippen molar-refractivity contribution >= 4 is 41.4 Å². The molecule has 0 fully saturated rings. The van der Waals surface area contributed by atoms with Gasteiger partial charge in [-0.2, -0.15) is 11.8 Å². The molecular weight excluding hydrogens is 492 g/mol. The molecule has 0 bridgehead atoms. The minimum atomic E-state index is -1.42. The van der Waals surface area contributed by atoms with Crippen LogP contribution in [-0.4, -0.2) is 89.1 Å². The summed E-state index contributed by atoms with van der Waals surface area (Å²) in [5.74, 6) is -3.93. The summed E-state index contributed by atoms with van der Waals surface area (Å²) in [6, 6.07) is -4.28. The number of carboxylic acids is 2. The molecule has 0 aliphatic heterocycles. The number of rotatable bonds is 21. The molecule has 11 N–H and O–H groups in total. The zero-order valence-electron chi connectivity index (χ0n) is 20.9. The normalized spacial score (nSPS) is 14.2. The molecule has 0 aliphatic carbocycles. The van der Waals surface area contributed by atoms with Crippen LogP contribution in [0, 0.1) is 0 Å². The molecule has 0 rings (SSSR count). The molecule has 4 atom stereocenters. The Kier molecular flexibility index (Phi) is 18.4. The van der Waals surface area contributed by atoms with Crippen molar-refractivity contribution in [1.82, 2.24) is 16.0 Å². The summed E-state index contributed by atoms with van der Waals surface area (Å²) in [7, 11) is 0. The van der Waals surface area contributed by atoms with E-state index in [9.17, 15) is 29.1 Å². The standard InChI is InChI=1S/C22H42N6O7S/c1-36-13-10-16(21(33)28-17(22(34)35)8-9-18(29)30)27-20(32)15(7-3-5-12-24)26-19(31)14(25)6-2-4-11-23/h14-17H,2-13,23-25H2,1H3,(H,26,31)(H,27,32)(H,28,33)(H,29,30)(H,34,35). The number of hydrogen-bond donors (Lipinski definition) is 8. The molecule has 0 heterocycles. The second-order valence-electron chi connectivity index (χ2n) is 8.41. The van der Waals surface area contributed by atoms with E-state index in [0.717, 1.165) is 6.42 Å². The Labute approximate surface area is 216 Å². The van der Waals surface area contributed by atoms with Gasteiger partial charge >= 0.3 is 11.9 Å². The number of aliphatic carboxylic acids is 2. The van der Waals surface area contributed by atoms with Crippen molar-refractivity contribution in [2.24, 2.45) is 17.2 Å². The third kappa shape index (κ3) is 14.9. The molecule has 0 saturated heterocycles. The molecule has 208 valence electrons.